The zero-order valence-corrected chi connectivity index (χ0v) is 10.9. The van der Waals surface area contributed by atoms with Crippen molar-refractivity contribution in [3.05, 3.63) is 48.0 Å². The number of furan rings is 1. The molecule has 1 heterocycles. The molecule has 3 nitrogen and oxygen atoms in total. The molecule has 0 saturated heterocycles. The fraction of sp³-hybridized carbons (Fsp3) is 0.333. The van der Waals surface area contributed by atoms with Crippen LogP contribution in [0.3, 0.4) is 0 Å². The van der Waals surface area contributed by atoms with Gasteiger partial charge in [-0.2, -0.15) is 0 Å². The smallest absolute Gasteiger partial charge is 0.134 e. The minimum absolute atomic E-state index is 0.254. The number of hydrogen-bond donors (Lipinski definition) is 2. The fourth-order valence-electron chi connectivity index (χ4n) is 1.76. The van der Waals surface area contributed by atoms with E-state index in [4.69, 9.17) is 9.52 Å². The quantitative estimate of drug-likeness (QED) is 0.788. The van der Waals surface area contributed by atoms with Crippen molar-refractivity contribution in [2.24, 2.45) is 0 Å². The van der Waals surface area contributed by atoms with Crippen molar-refractivity contribution in [3.8, 4) is 11.3 Å². The second kappa shape index (κ2) is 6.50. The maximum Gasteiger partial charge on any atom is 0.134 e. The van der Waals surface area contributed by atoms with Crippen molar-refractivity contribution in [2.75, 3.05) is 6.54 Å². The summed E-state index contributed by atoms with van der Waals surface area (Å²) < 4.78 is 18.5. The molecule has 0 aliphatic rings. The molecule has 102 valence electrons. The van der Waals surface area contributed by atoms with Crippen molar-refractivity contribution < 1.29 is 13.9 Å². The van der Waals surface area contributed by atoms with E-state index in [2.05, 4.69) is 5.32 Å². The highest BCUT2D eigenvalue weighted by molar-refractivity contribution is 5.57. The summed E-state index contributed by atoms with van der Waals surface area (Å²) in [6, 6.07) is 9.99. The van der Waals surface area contributed by atoms with Gasteiger partial charge >= 0.3 is 0 Å². The standard InChI is InChI=1S/C15H18FNO2/c1-11(18)8-9-17-10-14-6-7-15(19-14)12-2-4-13(16)5-3-12/h2-7,11,17-18H,8-10H2,1H3. The second-order valence-corrected chi connectivity index (χ2v) is 4.59. The van der Waals surface area contributed by atoms with Gasteiger partial charge in [0.25, 0.3) is 0 Å². The van der Waals surface area contributed by atoms with Crippen molar-refractivity contribution in [1.82, 2.24) is 5.32 Å². The number of rotatable bonds is 6. The highest BCUT2D eigenvalue weighted by Gasteiger charge is 2.05. The minimum Gasteiger partial charge on any atom is -0.460 e. The highest BCUT2D eigenvalue weighted by Crippen LogP contribution is 2.22. The average molecular weight is 263 g/mol. The normalized spacial score (nSPS) is 12.6. The van der Waals surface area contributed by atoms with Crippen LogP contribution in [0.1, 0.15) is 19.1 Å². The van der Waals surface area contributed by atoms with E-state index in [9.17, 15) is 4.39 Å². The lowest BCUT2D eigenvalue weighted by molar-refractivity contribution is 0.183. The van der Waals surface area contributed by atoms with E-state index < -0.39 is 0 Å². The first kappa shape index (κ1) is 13.8. The Morgan fingerprint density at radius 2 is 1.95 bits per heavy atom. The molecule has 4 heteroatoms. The van der Waals surface area contributed by atoms with Crippen molar-refractivity contribution in [3.63, 3.8) is 0 Å². The van der Waals surface area contributed by atoms with Crippen LogP contribution in [0.4, 0.5) is 4.39 Å². The van der Waals surface area contributed by atoms with Gasteiger partial charge in [-0.05, 0) is 56.3 Å². The SMILES string of the molecule is CC(O)CCNCc1ccc(-c2ccc(F)cc2)o1. The average Bonchev–Trinajstić information content (AvgIpc) is 2.84. The molecule has 2 aromatic rings. The van der Waals surface area contributed by atoms with Crippen molar-refractivity contribution >= 4 is 0 Å². The largest absolute Gasteiger partial charge is 0.460 e. The lowest BCUT2D eigenvalue weighted by Gasteiger charge is -2.04. The molecule has 0 aliphatic heterocycles. The van der Waals surface area contributed by atoms with E-state index in [0.29, 0.717) is 13.0 Å². The molecule has 0 saturated carbocycles. The number of halogens is 1. The number of aliphatic hydroxyl groups is 1. The van der Waals surface area contributed by atoms with Gasteiger partial charge in [-0.3, -0.25) is 0 Å². The Morgan fingerprint density at radius 1 is 1.21 bits per heavy atom. The summed E-state index contributed by atoms with van der Waals surface area (Å²) in [6.07, 6.45) is 0.421. The molecule has 1 atom stereocenters. The second-order valence-electron chi connectivity index (χ2n) is 4.59. The topological polar surface area (TPSA) is 45.4 Å². The monoisotopic (exact) mass is 263 g/mol. The first-order valence-corrected chi connectivity index (χ1v) is 6.38. The lowest BCUT2D eigenvalue weighted by atomic mass is 10.2. The molecule has 1 aromatic carbocycles. The molecule has 0 spiro atoms. The molecule has 0 amide bonds. The molecule has 1 unspecified atom stereocenters. The van der Waals surface area contributed by atoms with Gasteiger partial charge in [0.05, 0.1) is 12.6 Å². The van der Waals surface area contributed by atoms with Gasteiger partial charge in [0, 0.05) is 5.56 Å². The summed E-state index contributed by atoms with van der Waals surface area (Å²) in [5.74, 6) is 1.30. The Kier molecular flexibility index (Phi) is 4.71. The minimum atomic E-state index is -0.293. The summed E-state index contributed by atoms with van der Waals surface area (Å²) in [6.45, 7) is 3.12. The molecule has 0 fully saturated rings. The van der Waals surface area contributed by atoms with Crippen LogP contribution < -0.4 is 5.32 Å². The van der Waals surface area contributed by atoms with E-state index in [1.54, 1.807) is 19.1 Å². The summed E-state index contributed by atoms with van der Waals surface area (Å²) in [5.41, 5.74) is 0.858. The van der Waals surface area contributed by atoms with Gasteiger partial charge in [0.1, 0.15) is 17.3 Å². The van der Waals surface area contributed by atoms with Gasteiger partial charge in [0.15, 0.2) is 0 Å². The molecule has 19 heavy (non-hydrogen) atoms. The summed E-state index contributed by atoms with van der Waals surface area (Å²) in [7, 11) is 0. The number of benzene rings is 1. The summed E-state index contributed by atoms with van der Waals surface area (Å²) in [4.78, 5) is 0. The third-order valence-electron chi connectivity index (χ3n) is 2.83. The van der Waals surface area contributed by atoms with Crippen LogP contribution in [0, 0.1) is 5.82 Å². The van der Waals surface area contributed by atoms with Gasteiger partial charge in [-0.1, -0.05) is 0 Å². The molecule has 0 radical (unpaired) electrons. The van der Waals surface area contributed by atoms with Crippen LogP contribution in [0.5, 0.6) is 0 Å². The third-order valence-corrected chi connectivity index (χ3v) is 2.83. The van der Waals surface area contributed by atoms with Crippen LogP contribution in [0.2, 0.25) is 0 Å². The van der Waals surface area contributed by atoms with Gasteiger partial charge < -0.3 is 14.8 Å². The van der Waals surface area contributed by atoms with Crippen LogP contribution in [-0.2, 0) is 6.54 Å². The van der Waals surface area contributed by atoms with Gasteiger partial charge in [-0.15, -0.1) is 0 Å². The third kappa shape index (κ3) is 4.19. The Balaban J connectivity index is 1.90. The van der Waals surface area contributed by atoms with Crippen molar-refractivity contribution in [2.45, 2.75) is 26.0 Å². The molecule has 0 bridgehead atoms. The molecular formula is C15H18FNO2. The van der Waals surface area contributed by atoms with E-state index >= 15 is 0 Å². The van der Waals surface area contributed by atoms with Crippen LogP contribution >= 0.6 is 0 Å². The number of hydrogen-bond acceptors (Lipinski definition) is 3. The molecule has 2 N–H and O–H groups in total. The molecular weight excluding hydrogens is 245 g/mol. The lowest BCUT2D eigenvalue weighted by Crippen LogP contribution is -2.18. The summed E-state index contributed by atoms with van der Waals surface area (Å²) in [5, 5.41) is 12.3. The summed E-state index contributed by atoms with van der Waals surface area (Å²) >= 11 is 0. The predicted octanol–water partition coefficient (Wildman–Crippen LogP) is 2.95. The van der Waals surface area contributed by atoms with E-state index in [1.165, 1.54) is 12.1 Å². The van der Waals surface area contributed by atoms with Gasteiger partial charge in [0.2, 0.25) is 0 Å². The molecule has 1 aromatic heterocycles. The Bertz CT molecular complexity index is 505. The molecule has 0 aliphatic carbocycles. The van der Waals surface area contributed by atoms with E-state index in [-0.39, 0.29) is 11.9 Å². The van der Waals surface area contributed by atoms with Crippen LogP contribution in [0.15, 0.2) is 40.8 Å². The Morgan fingerprint density at radius 3 is 2.63 bits per heavy atom. The Hall–Kier alpha value is -1.65. The highest BCUT2D eigenvalue weighted by atomic mass is 19.1. The van der Waals surface area contributed by atoms with Gasteiger partial charge in [-0.25, -0.2) is 4.39 Å². The maximum absolute atomic E-state index is 12.8. The first-order valence-electron chi connectivity index (χ1n) is 6.38. The molecule has 2 rings (SSSR count). The zero-order chi connectivity index (χ0) is 13.7. The number of nitrogens with one attached hydrogen (secondary N) is 1. The number of aliphatic hydroxyl groups excluding tert-OH is 1. The van der Waals surface area contributed by atoms with Crippen molar-refractivity contribution in [1.29, 1.82) is 0 Å². The Labute approximate surface area is 112 Å². The van der Waals surface area contributed by atoms with Crippen LogP contribution in [0.25, 0.3) is 11.3 Å². The maximum atomic E-state index is 12.8. The zero-order valence-electron chi connectivity index (χ0n) is 10.9. The predicted molar refractivity (Wildman–Crippen MR) is 72.1 cm³/mol. The van der Waals surface area contributed by atoms with E-state index in [0.717, 1.165) is 23.6 Å². The fourth-order valence-corrected chi connectivity index (χ4v) is 1.76. The van der Waals surface area contributed by atoms with Crippen LogP contribution in [-0.4, -0.2) is 17.8 Å². The first-order chi connectivity index (χ1) is 9.15. The van der Waals surface area contributed by atoms with E-state index in [1.807, 2.05) is 12.1 Å².